The van der Waals surface area contributed by atoms with Crippen molar-refractivity contribution in [1.82, 2.24) is 10.2 Å². The van der Waals surface area contributed by atoms with Gasteiger partial charge >= 0.3 is 6.09 Å². The largest absolute Gasteiger partial charge is 0.444 e. The highest BCUT2D eigenvalue weighted by molar-refractivity contribution is 5.94. The Balaban J connectivity index is 1.91. The SMILES string of the molecule is CC(C)(C)OC(=O)N1CCC[C@H](NC(=O)c2ccccc2)C1. The summed E-state index contributed by atoms with van der Waals surface area (Å²) < 4.78 is 5.39. The van der Waals surface area contributed by atoms with Gasteiger partial charge in [0.15, 0.2) is 0 Å². The van der Waals surface area contributed by atoms with Crippen molar-refractivity contribution < 1.29 is 14.3 Å². The van der Waals surface area contributed by atoms with Crippen molar-refractivity contribution in [2.24, 2.45) is 0 Å². The fourth-order valence-electron chi connectivity index (χ4n) is 2.45. The van der Waals surface area contributed by atoms with E-state index in [1.165, 1.54) is 0 Å². The molecule has 1 atom stereocenters. The highest BCUT2D eigenvalue weighted by Gasteiger charge is 2.28. The van der Waals surface area contributed by atoms with E-state index in [-0.39, 0.29) is 18.0 Å². The van der Waals surface area contributed by atoms with Gasteiger partial charge in [-0.3, -0.25) is 4.79 Å². The number of carbonyl (C=O) groups is 2. The van der Waals surface area contributed by atoms with E-state index in [2.05, 4.69) is 5.32 Å². The maximum absolute atomic E-state index is 12.2. The number of amides is 2. The Hall–Kier alpha value is -2.04. The van der Waals surface area contributed by atoms with E-state index in [1.807, 2.05) is 39.0 Å². The lowest BCUT2D eigenvalue weighted by atomic mass is 10.1. The van der Waals surface area contributed by atoms with Gasteiger partial charge in [0, 0.05) is 24.7 Å². The van der Waals surface area contributed by atoms with Crippen LogP contribution in [0.15, 0.2) is 30.3 Å². The first-order valence-corrected chi connectivity index (χ1v) is 7.69. The summed E-state index contributed by atoms with van der Waals surface area (Å²) in [5, 5.41) is 2.99. The van der Waals surface area contributed by atoms with Crippen LogP contribution >= 0.6 is 0 Å². The first kappa shape index (κ1) is 16.3. The molecule has 0 saturated carbocycles. The lowest BCUT2D eigenvalue weighted by molar-refractivity contribution is 0.0185. The molecule has 1 saturated heterocycles. The molecule has 1 aromatic rings. The Kier molecular flexibility index (Phi) is 5.06. The zero-order chi connectivity index (χ0) is 16.2. The Morgan fingerprint density at radius 2 is 1.91 bits per heavy atom. The van der Waals surface area contributed by atoms with Crippen LogP contribution in [0.3, 0.4) is 0 Å². The molecule has 1 N–H and O–H groups in total. The molecular formula is C17H24N2O3. The number of nitrogens with zero attached hydrogens (tertiary/aromatic N) is 1. The summed E-state index contributed by atoms with van der Waals surface area (Å²) in [4.78, 5) is 25.9. The first-order chi connectivity index (χ1) is 10.3. The van der Waals surface area contributed by atoms with E-state index in [9.17, 15) is 9.59 Å². The van der Waals surface area contributed by atoms with Crippen LogP contribution in [0.4, 0.5) is 4.79 Å². The summed E-state index contributed by atoms with van der Waals surface area (Å²) in [5.41, 5.74) is 0.133. The van der Waals surface area contributed by atoms with E-state index in [0.29, 0.717) is 18.7 Å². The van der Waals surface area contributed by atoms with Crippen LogP contribution in [0.1, 0.15) is 44.0 Å². The van der Waals surface area contributed by atoms with E-state index >= 15 is 0 Å². The van der Waals surface area contributed by atoms with Crippen molar-refractivity contribution in [1.29, 1.82) is 0 Å². The molecule has 0 radical (unpaired) electrons. The second-order valence-electron chi connectivity index (χ2n) is 6.60. The minimum Gasteiger partial charge on any atom is -0.444 e. The van der Waals surface area contributed by atoms with Crippen LogP contribution in [0, 0.1) is 0 Å². The van der Waals surface area contributed by atoms with Crippen molar-refractivity contribution in [3.8, 4) is 0 Å². The van der Waals surface area contributed by atoms with Crippen LogP contribution in [-0.2, 0) is 4.74 Å². The van der Waals surface area contributed by atoms with Crippen LogP contribution in [0.2, 0.25) is 0 Å². The lowest BCUT2D eigenvalue weighted by Crippen LogP contribution is -2.50. The third-order valence-corrected chi connectivity index (χ3v) is 3.44. The Morgan fingerprint density at radius 3 is 2.55 bits per heavy atom. The van der Waals surface area contributed by atoms with Gasteiger partial charge in [-0.25, -0.2) is 4.79 Å². The smallest absolute Gasteiger partial charge is 0.410 e. The summed E-state index contributed by atoms with van der Waals surface area (Å²) in [6, 6.07) is 9.08. The number of likely N-dealkylation sites (tertiary alicyclic amines) is 1. The maximum Gasteiger partial charge on any atom is 0.410 e. The number of rotatable bonds is 2. The molecule has 1 aliphatic rings. The molecule has 2 rings (SSSR count). The van der Waals surface area contributed by atoms with Gasteiger partial charge in [0.2, 0.25) is 0 Å². The molecule has 0 bridgehead atoms. The van der Waals surface area contributed by atoms with Crippen molar-refractivity contribution >= 4 is 12.0 Å². The number of nitrogens with one attached hydrogen (secondary N) is 1. The fourth-order valence-corrected chi connectivity index (χ4v) is 2.45. The minimum absolute atomic E-state index is 0.0334. The normalized spacial score (nSPS) is 18.7. The molecule has 1 heterocycles. The highest BCUT2D eigenvalue weighted by atomic mass is 16.6. The van der Waals surface area contributed by atoms with Crippen molar-refractivity contribution in [2.75, 3.05) is 13.1 Å². The predicted octanol–water partition coefficient (Wildman–Crippen LogP) is 2.82. The summed E-state index contributed by atoms with van der Waals surface area (Å²) in [5.74, 6) is -0.100. The summed E-state index contributed by atoms with van der Waals surface area (Å²) in [7, 11) is 0. The highest BCUT2D eigenvalue weighted by Crippen LogP contribution is 2.15. The number of carbonyl (C=O) groups excluding carboxylic acids is 2. The number of ether oxygens (including phenoxy) is 1. The van der Waals surface area contributed by atoms with E-state index in [1.54, 1.807) is 17.0 Å². The molecule has 120 valence electrons. The topological polar surface area (TPSA) is 58.6 Å². The number of benzene rings is 1. The Bertz CT molecular complexity index is 522. The second-order valence-corrected chi connectivity index (χ2v) is 6.60. The van der Waals surface area contributed by atoms with Gasteiger partial charge in [0.25, 0.3) is 5.91 Å². The molecular weight excluding hydrogens is 280 g/mol. The molecule has 0 aromatic heterocycles. The third kappa shape index (κ3) is 4.76. The summed E-state index contributed by atoms with van der Waals surface area (Å²) >= 11 is 0. The van der Waals surface area contributed by atoms with Gasteiger partial charge in [0.1, 0.15) is 5.60 Å². The monoisotopic (exact) mass is 304 g/mol. The summed E-state index contributed by atoms with van der Waals surface area (Å²) in [6.45, 7) is 6.72. The van der Waals surface area contributed by atoms with Gasteiger partial charge in [-0.15, -0.1) is 0 Å². The molecule has 2 amide bonds. The molecule has 5 nitrogen and oxygen atoms in total. The van der Waals surface area contributed by atoms with E-state index < -0.39 is 5.60 Å². The average Bonchev–Trinajstić information content (AvgIpc) is 2.46. The van der Waals surface area contributed by atoms with Gasteiger partial charge in [-0.2, -0.15) is 0 Å². The van der Waals surface area contributed by atoms with Crippen molar-refractivity contribution in [2.45, 2.75) is 45.3 Å². The molecule has 5 heteroatoms. The van der Waals surface area contributed by atoms with Crippen LogP contribution in [-0.4, -0.2) is 41.6 Å². The van der Waals surface area contributed by atoms with Crippen LogP contribution in [0.25, 0.3) is 0 Å². The molecule has 1 aromatic carbocycles. The molecule has 0 unspecified atom stereocenters. The van der Waals surface area contributed by atoms with Crippen molar-refractivity contribution in [3.63, 3.8) is 0 Å². The van der Waals surface area contributed by atoms with Gasteiger partial charge in [0.05, 0.1) is 0 Å². The zero-order valence-corrected chi connectivity index (χ0v) is 13.5. The Morgan fingerprint density at radius 1 is 1.23 bits per heavy atom. The second kappa shape index (κ2) is 6.81. The van der Waals surface area contributed by atoms with Gasteiger partial charge in [-0.1, -0.05) is 18.2 Å². The van der Waals surface area contributed by atoms with Gasteiger partial charge in [-0.05, 0) is 45.7 Å². The standard InChI is InChI=1S/C17H24N2O3/c1-17(2,3)22-16(21)19-11-7-10-14(12-19)18-15(20)13-8-5-4-6-9-13/h4-6,8-9,14H,7,10-12H2,1-3H3,(H,18,20)/t14-/m0/s1. The van der Waals surface area contributed by atoms with E-state index in [0.717, 1.165) is 12.8 Å². The number of hydrogen-bond donors (Lipinski definition) is 1. The zero-order valence-electron chi connectivity index (χ0n) is 13.5. The molecule has 1 aliphatic heterocycles. The Labute approximate surface area is 131 Å². The van der Waals surface area contributed by atoms with Crippen LogP contribution in [0.5, 0.6) is 0 Å². The average molecular weight is 304 g/mol. The van der Waals surface area contributed by atoms with E-state index in [4.69, 9.17) is 4.74 Å². The van der Waals surface area contributed by atoms with Gasteiger partial charge < -0.3 is 15.0 Å². The quantitative estimate of drug-likeness (QED) is 0.914. The number of hydrogen-bond acceptors (Lipinski definition) is 3. The number of piperidine rings is 1. The minimum atomic E-state index is -0.503. The lowest BCUT2D eigenvalue weighted by Gasteiger charge is -2.34. The molecule has 0 spiro atoms. The maximum atomic E-state index is 12.2. The summed E-state index contributed by atoms with van der Waals surface area (Å²) in [6.07, 6.45) is 1.42. The third-order valence-electron chi connectivity index (χ3n) is 3.44. The first-order valence-electron chi connectivity index (χ1n) is 7.69. The molecule has 0 aliphatic carbocycles. The fraction of sp³-hybridized carbons (Fsp3) is 0.529. The molecule has 22 heavy (non-hydrogen) atoms. The molecule has 1 fully saturated rings. The predicted molar refractivity (Wildman–Crippen MR) is 84.7 cm³/mol. The van der Waals surface area contributed by atoms with Crippen molar-refractivity contribution in [3.05, 3.63) is 35.9 Å². The van der Waals surface area contributed by atoms with Crippen LogP contribution < -0.4 is 5.32 Å².